The third kappa shape index (κ3) is 10.1. The molecule has 320 valence electrons. The van der Waals surface area contributed by atoms with Crippen LogP contribution in [0.15, 0.2) is 89.7 Å². The van der Waals surface area contributed by atoms with E-state index >= 15 is 8.78 Å². The summed E-state index contributed by atoms with van der Waals surface area (Å²) in [5.41, 5.74) is 8.99. The highest BCUT2D eigenvalue weighted by Crippen LogP contribution is 2.36. The summed E-state index contributed by atoms with van der Waals surface area (Å²) in [6.45, 7) is 10.0. The Morgan fingerprint density at radius 3 is 2.56 bits per heavy atom. The van der Waals surface area contributed by atoms with E-state index in [0.717, 1.165) is 54.9 Å². The quantitative estimate of drug-likeness (QED) is 0.0396. The number of nitrogens with one attached hydrogen (secondary N) is 4. The van der Waals surface area contributed by atoms with E-state index in [-0.39, 0.29) is 35.2 Å². The molecular formula is C43H50F2N12O3S. The molecule has 0 aliphatic carbocycles. The number of likely N-dealkylation sites (tertiary alicyclic amines) is 1. The van der Waals surface area contributed by atoms with Gasteiger partial charge in [-0.1, -0.05) is 24.8 Å². The summed E-state index contributed by atoms with van der Waals surface area (Å²) in [7, 11) is 1.90. The zero-order chi connectivity index (χ0) is 43.6. The highest BCUT2D eigenvalue weighted by atomic mass is 32.2. The summed E-state index contributed by atoms with van der Waals surface area (Å²) in [5.74, 6) is 0.297. The molecular weight excluding hydrogens is 803 g/mol. The van der Waals surface area contributed by atoms with Gasteiger partial charge in [-0.15, -0.1) is 5.10 Å². The number of hydrogen-bond donors (Lipinski definition) is 5. The number of hydrogen-bond acceptors (Lipinski definition) is 13. The van der Waals surface area contributed by atoms with Gasteiger partial charge in [0.05, 0.1) is 22.6 Å². The molecule has 1 atom stereocenters. The van der Waals surface area contributed by atoms with E-state index in [2.05, 4.69) is 47.6 Å². The van der Waals surface area contributed by atoms with Crippen molar-refractivity contribution in [3.8, 4) is 5.75 Å². The highest BCUT2D eigenvalue weighted by Gasteiger charge is 2.26. The molecule has 0 amide bonds. The lowest BCUT2D eigenvalue weighted by molar-refractivity contribution is -0.107. The number of carbonyl (C=O) groups excluding carboxylic acids is 1. The Bertz CT molecular complexity index is 2580. The van der Waals surface area contributed by atoms with Crippen LogP contribution in [0.1, 0.15) is 55.8 Å². The Morgan fingerprint density at radius 2 is 1.89 bits per heavy atom. The van der Waals surface area contributed by atoms with Crippen molar-refractivity contribution in [2.45, 2.75) is 61.5 Å². The first-order chi connectivity index (χ1) is 29.5. The fraction of sp³-hybridized carbons (Fsp3) is 0.302. The Labute approximate surface area is 355 Å². The van der Waals surface area contributed by atoms with Crippen LogP contribution in [0.25, 0.3) is 22.1 Å². The Balaban J connectivity index is 0.000000819. The molecule has 0 bridgehead atoms. The van der Waals surface area contributed by atoms with Crippen LogP contribution >= 0.6 is 0 Å². The van der Waals surface area contributed by atoms with E-state index in [9.17, 15) is 9.00 Å². The minimum absolute atomic E-state index is 0.0860. The maximum atomic E-state index is 15.7. The smallest absolute Gasteiger partial charge is 0.247 e. The molecule has 1 aliphatic heterocycles. The number of rotatable bonds is 16. The van der Waals surface area contributed by atoms with Crippen LogP contribution in [-0.2, 0) is 29.2 Å². The minimum atomic E-state index is -1.64. The summed E-state index contributed by atoms with van der Waals surface area (Å²) in [5, 5.41) is 25.9. The van der Waals surface area contributed by atoms with Crippen molar-refractivity contribution in [2.75, 3.05) is 37.3 Å². The Morgan fingerprint density at radius 1 is 1.11 bits per heavy atom. The monoisotopic (exact) mass is 852 g/mol. The standard InChI is InChI=1S/C38H41F2N11O2S.C5H9NO/c1-22(2)53-35-33(25(18-41)19-42)44-21-51-37(35)46-38(48-51)45-31-11-8-27(17-30(31)39)54(52)26-7-5-6-23(16-26)20-50-14-12-24(13-15-50)28-9-10-29-34(32(28)40)49(4)47-36(29)43-3;1-2-6-4-3-5-7/h5-11,16-19,21-22,24,41H,12-15,20,42H2,1-4H3,(H,43,47)(H,45,48);2,5-6H,1,3-4H2/b25-19+,41-18?;. The van der Waals surface area contributed by atoms with Gasteiger partial charge in [0, 0.05) is 66.8 Å². The van der Waals surface area contributed by atoms with Crippen LogP contribution in [0.4, 0.5) is 26.2 Å². The van der Waals surface area contributed by atoms with E-state index < -0.39 is 16.6 Å². The third-order valence-electron chi connectivity index (χ3n) is 10.0. The van der Waals surface area contributed by atoms with Gasteiger partial charge in [-0.3, -0.25) is 9.58 Å². The summed E-state index contributed by atoms with van der Waals surface area (Å²) in [6, 6.07) is 15.7. The second-order valence-electron chi connectivity index (χ2n) is 14.5. The molecule has 3 aromatic heterocycles. The lowest BCUT2D eigenvalue weighted by Gasteiger charge is -2.32. The van der Waals surface area contributed by atoms with Crippen LogP contribution in [-0.4, -0.2) is 83.8 Å². The Hall–Kier alpha value is -6.53. The van der Waals surface area contributed by atoms with Gasteiger partial charge in [0.2, 0.25) is 11.6 Å². The number of aldehydes is 1. The number of aromatic nitrogens is 6. The van der Waals surface area contributed by atoms with E-state index in [0.29, 0.717) is 57.6 Å². The molecule has 6 aromatic rings. The van der Waals surface area contributed by atoms with E-state index in [1.165, 1.54) is 29.2 Å². The molecule has 1 aliphatic rings. The predicted molar refractivity (Wildman–Crippen MR) is 235 cm³/mol. The largest absolute Gasteiger partial charge is 0.485 e. The zero-order valence-electron chi connectivity index (χ0n) is 34.5. The van der Waals surface area contributed by atoms with Gasteiger partial charge in [0.25, 0.3) is 0 Å². The van der Waals surface area contributed by atoms with Crippen LogP contribution in [0.5, 0.6) is 5.75 Å². The SMILES string of the molecule is C=CNCCC=O.CNc1nn(C)c2c(F)c(C3CCN(Cc4cccc(S(=O)c5ccc(Nc6nc7c(OC(C)C)c(/C(C=N)=C/N)ncn7n6)c(F)c5)c4)CC3)ccc12. The van der Waals surface area contributed by atoms with E-state index in [4.69, 9.17) is 15.9 Å². The first kappa shape index (κ1) is 44.0. The molecule has 15 nitrogen and oxygen atoms in total. The van der Waals surface area contributed by atoms with Crippen molar-refractivity contribution in [1.29, 1.82) is 5.41 Å². The van der Waals surface area contributed by atoms with Crippen molar-refractivity contribution < 1.29 is 22.5 Å². The number of ether oxygens (including phenoxy) is 1. The van der Waals surface area contributed by atoms with Crippen molar-refractivity contribution in [3.63, 3.8) is 0 Å². The highest BCUT2D eigenvalue weighted by molar-refractivity contribution is 7.85. The van der Waals surface area contributed by atoms with Crippen LogP contribution in [0.2, 0.25) is 0 Å². The number of aryl methyl sites for hydroxylation is 1. The number of fused-ring (bicyclic) bond motifs is 2. The summed E-state index contributed by atoms with van der Waals surface area (Å²) >= 11 is 0. The topological polar surface area (TPSA) is 193 Å². The molecule has 61 heavy (non-hydrogen) atoms. The minimum Gasteiger partial charge on any atom is -0.485 e. The summed E-state index contributed by atoms with van der Waals surface area (Å²) < 4.78 is 53.8. The number of allylic oxidation sites excluding steroid dienone is 1. The zero-order valence-corrected chi connectivity index (χ0v) is 35.3. The lowest BCUT2D eigenvalue weighted by Crippen LogP contribution is -2.32. The van der Waals surface area contributed by atoms with Gasteiger partial charge < -0.3 is 36.6 Å². The molecule has 0 radical (unpaired) electrons. The summed E-state index contributed by atoms with van der Waals surface area (Å²) in [6.07, 6.45) is 8.13. The lowest BCUT2D eigenvalue weighted by atomic mass is 9.88. The fourth-order valence-corrected chi connectivity index (χ4v) is 8.24. The molecule has 0 saturated carbocycles. The number of halogens is 2. The molecule has 1 fully saturated rings. The number of anilines is 3. The number of nitrogens with zero attached hydrogens (tertiary/aromatic N) is 7. The number of nitrogens with two attached hydrogens (primary N) is 1. The van der Waals surface area contributed by atoms with E-state index in [1.807, 2.05) is 44.2 Å². The van der Waals surface area contributed by atoms with Crippen LogP contribution < -0.4 is 26.4 Å². The number of benzene rings is 3. The van der Waals surface area contributed by atoms with Crippen molar-refractivity contribution >= 4 is 62.9 Å². The molecule has 7 rings (SSSR count). The average molecular weight is 853 g/mol. The van der Waals surface area contributed by atoms with Crippen LogP contribution in [0, 0.1) is 17.0 Å². The first-order valence-electron chi connectivity index (χ1n) is 19.7. The second kappa shape index (κ2) is 20.2. The van der Waals surface area contributed by atoms with Crippen molar-refractivity contribution in [2.24, 2.45) is 12.8 Å². The second-order valence-corrected chi connectivity index (χ2v) is 16.0. The summed E-state index contributed by atoms with van der Waals surface area (Å²) in [4.78, 5) is 21.6. The van der Waals surface area contributed by atoms with Gasteiger partial charge in [0.1, 0.15) is 29.6 Å². The molecule has 18 heteroatoms. The Kier molecular flexibility index (Phi) is 14.5. The maximum absolute atomic E-state index is 15.7. The first-order valence-corrected chi connectivity index (χ1v) is 20.9. The predicted octanol–water partition coefficient (Wildman–Crippen LogP) is 6.67. The van der Waals surface area contributed by atoms with Gasteiger partial charge in [0.15, 0.2) is 17.4 Å². The van der Waals surface area contributed by atoms with Gasteiger partial charge in [-0.05, 0) is 99.4 Å². The average Bonchev–Trinajstić information content (AvgIpc) is 3.83. The number of piperidine rings is 1. The fourth-order valence-electron chi connectivity index (χ4n) is 7.11. The van der Waals surface area contributed by atoms with Gasteiger partial charge in [-0.2, -0.15) is 14.6 Å². The van der Waals surface area contributed by atoms with Gasteiger partial charge >= 0.3 is 0 Å². The molecule has 6 N–H and O–H groups in total. The number of carbonyl (C=O) groups is 1. The normalized spacial score (nSPS) is 14.0. The van der Waals surface area contributed by atoms with Crippen molar-refractivity contribution in [3.05, 3.63) is 108 Å². The van der Waals surface area contributed by atoms with E-state index in [1.54, 1.807) is 37.1 Å². The molecule has 3 aromatic carbocycles. The van der Waals surface area contributed by atoms with Gasteiger partial charge in [-0.25, -0.2) is 18.0 Å². The molecule has 4 heterocycles. The van der Waals surface area contributed by atoms with Crippen molar-refractivity contribution in [1.82, 2.24) is 39.6 Å². The third-order valence-corrected chi connectivity index (χ3v) is 11.4. The molecule has 1 saturated heterocycles. The van der Waals surface area contributed by atoms with Crippen LogP contribution in [0.3, 0.4) is 0 Å². The molecule has 0 spiro atoms. The maximum Gasteiger partial charge on any atom is 0.247 e. The molecule has 1 unspecified atom stereocenters.